The van der Waals surface area contributed by atoms with Crippen molar-refractivity contribution in [3.63, 3.8) is 0 Å². The lowest BCUT2D eigenvalue weighted by Gasteiger charge is -2.08. The van der Waals surface area contributed by atoms with Gasteiger partial charge in [0.15, 0.2) is 5.25 Å². The van der Waals surface area contributed by atoms with Crippen LogP contribution in [0.4, 0.5) is 5.69 Å². The van der Waals surface area contributed by atoms with Crippen molar-refractivity contribution >= 4 is 40.0 Å². The van der Waals surface area contributed by atoms with Crippen molar-refractivity contribution in [3.8, 4) is 0 Å². The van der Waals surface area contributed by atoms with Gasteiger partial charge in [-0.25, -0.2) is 0 Å². The highest BCUT2D eigenvalue weighted by Crippen LogP contribution is 2.18. The Balaban J connectivity index is 0.000000483. The Labute approximate surface area is 163 Å². The number of carbonyl (C=O) groups excluding carboxylic acids is 4. The van der Waals surface area contributed by atoms with Crippen LogP contribution < -0.4 is 5.32 Å². The van der Waals surface area contributed by atoms with Crippen LogP contribution in [0.2, 0.25) is 0 Å². The zero-order valence-corrected chi connectivity index (χ0v) is 16.9. The van der Waals surface area contributed by atoms with Gasteiger partial charge >= 0.3 is 6.47 Å². The van der Waals surface area contributed by atoms with Crippen LogP contribution in [-0.2, 0) is 34.1 Å². The predicted octanol–water partition coefficient (Wildman–Crippen LogP) is 1.46. The lowest BCUT2D eigenvalue weighted by Crippen LogP contribution is -2.34. The molecule has 1 aliphatic heterocycles. The molecule has 0 spiro atoms. The summed E-state index contributed by atoms with van der Waals surface area (Å²) in [6.45, 7) is 7.66. The number of anilines is 1. The number of amides is 3. The summed E-state index contributed by atoms with van der Waals surface area (Å²) in [5, 5.41) is 0.906. The van der Waals surface area contributed by atoms with Gasteiger partial charge in [-0.1, -0.05) is 38.5 Å². The van der Waals surface area contributed by atoms with Crippen LogP contribution in [-0.4, -0.2) is 47.5 Å². The number of hydrogen-bond acceptors (Lipinski definition) is 7. The Bertz CT molecular complexity index is 790. The summed E-state index contributed by atoms with van der Waals surface area (Å²) in [7, 11) is -4.64. The number of hydroxylamine groups is 2. The maximum Gasteiger partial charge on any atom is 0.321 e. The Hall–Kier alpha value is -2.79. The molecule has 1 heterocycles. The number of nitrogens with one attached hydrogen (secondary N) is 1. The van der Waals surface area contributed by atoms with E-state index in [4.69, 9.17) is 4.55 Å². The number of carbonyl (C=O) groups is 4. The standard InChI is InChI=1S/C10H13NO.C5H5NO7S.C2H6/c1-3-10(12)11-9-6-4-8(2)5-7-9;7-2-13-6-4(8)1-3(5(6)9)14(10,11)12;1-2/h4-7H,3H2,1-2H3,(H,11,12);2-3H,1H2,(H,10,11,12);1-2H3. The van der Waals surface area contributed by atoms with Gasteiger partial charge in [-0.15, -0.1) is 5.06 Å². The first kappa shape index (κ1) is 25.2. The van der Waals surface area contributed by atoms with Crippen molar-refractivity contribution in [2.45, 2.75) is 45.8 Å². The molecule has 10 nitrogen and oxygen atoms in total. The highest BCUT2D eigenvalue weighted by Gasteiger charge is 2.47. The van der Waals surface area contributed by atoms with Crippen LogP contribution >= 0.6 is 0 Å². The van der Waals surface area contributed by atoms with Gasteiger partial charge < -0.3 is 10.2 Å². The summed E-state index contributed by atoms with van der Waals surface area (Å²) in [5.74, 6) is -2.21. The topological polar surface area (TPSA) is 147 Å². The molecule has 3 amide bonds. The third kappa shape index (κ3) is 7.84. The highest BCUT2D eigenvalue weighted by molar-refractivity contribution is 7.87. The molecule has 2 N–H and O–H groups in total. The molecular formula is C17H24N2O8S. The van der Waals surface area contributed by atoms with Crippen LogP contribution in [0.15, 0.2) is 24.3 Å². The predicted molar refractivity (Wildman–Crippen MR) is 100 cm³/mol. The van der Waals surface area contributed by atoms with Gasteiger partial charge in [-0.05, 0) is 19.1 Å². The van der Waals surface area contributed by atoms with E-state index in [0.29, 0.717) is 6.42 Å². The van der Waals surface area contributed by atoms with Gasteiger partial charge in [0, 0.05) is 12.1 Å². The van der Waals surface area contributed by atoms with Crippen LogP contribution in [0.5, 0.6) is 0 Å². The summed E-state index contributed by atoms with van der Waals surface area (Å²) in [6, 6.07) is 7.77. The SMILES string of the molecule is CC.CCC(=O)Nc1ccc(C)cc1.O=CON1C(=O)CC(S(=O)(=O)O)C1=O. The second-order valence-corrected chi connectivity index (χ2v) is 6.80. The molecule has 1 atom stereocenters. The monoisotopic (exact) mass is 416 g/mol. The van der Waals surface area contributed by atoms with Crippen molar-refractivity contribution in [3.05, 3.63) is 29.8 Å². The zero-order valence-electron chi connectivity index (χ0n) is 16.0. The normalized spacial score (nSPS) is 15.6. The first-order valence-corrected chi connectivity index (χ1v) is 9.90. The van der Waals surface area contributed by atoms with E-state index in [9.17, 15) is 27.6 Å². The second kappa shape index (κ2) is 11.8. The average Bonchev–Trinajstić information content (AvgIpc) is 2.94. The molecule has 1 aromatic carbocycles. The Morgan fingerprint density at radius 2 is 1.82 bits per heavy atom. The lowest BCUT2D eigenvalue weighted by atomic mass is 10.2. The molecule has 1 aliphatic rings. The molecule has 1 fully saturated rings. The zero-order chi connectivity index (χ0) is 21.9. The average molecular weight is 416 g/mol. The van der Waals surface area contributed by atoms with Gasteiger partial charge in [0.2, 0.25) is 5.91 Å². The summed E-state index contributed by atoms with van der Waals surface area (Å²) in [5.41, 5.74) is 2.07. The third-order valence-electron chi connectivity index (χ3n) is 3.23. The van der Waals surface area contributed by atoms with Gasteiger partial charge in [-0.3, -0.25) is 23.7 Å². The van der Waals surface area contributed by atoms with E-state index in [0.717, 1.165) is 5.69 Å². The number of rotatable bonds is 5. The van der Waals surface area contributed by atoms with Gasteiger partial charge in [-0.2, -0.15) is 8.42 Å². The van der Waals surface area contributed by atoms with Gasteiger partial charge in [0.05, 0.1) is 6.42 Å². The highest BCUT2D eigenvalue weighted by atomic mass is 32.2. The maximum atomic E-state index is 11.0. The van der Waals surface area contributed by atoms with Crippen molar-refractivity contribution in [2.24, 2.45) is 0 Å². The Morgan fingerprint density at radius 3 is 2.21 bits per heavy atom. The molecule has 1 aromatic rings. The number of nitrogens with zero attached hydrogens (tertiary/aromatic N) is 1. The summed E-state index contributed by atoms with van der Waals surface area (Å²) < 4.78 is 29.6. The first-order valence-electron chi connectivity index (χ1n) is 8.40. The van der Waals surface area contributed by atoms with Crippen molar-refractivity contribution in [1.82, 2.24) is 5.06 Å². The molecule has 0 aliphatic carbocycles. The van der Waals surface area contributed by atoms with Crippen LogP contribution in [0.1, 0.15) is 39.2 Å². The van der Waals surface area contributed by atoms with Crippen LogP contribution in [0.3, 0.4) is 0 Å². The number of hydrogen-bond donors (Lipinski definition) is 2. The smallest absolute Gasteiger partial charge is 0.321 e. The quantitative estimate of drug-likeness (QED) is 0.416. The number of benzene rings is 1. The maximum absolute atomic E-state index is 11.0. The Kier molecular flexibility index (Phi) is 10.6. The Morgan fingerprint density at radius 1 is 1.29 bits per heavy atom. The van der Waals surface area contributed by atoms with E-state index in [1.54, 1.807) is 0 Å². The largest absolute Gasteiger partial charge is 0.334 e. The fraction of sp³-hybridized carbons (Fsp3) is 0.412. The van der Waals surface area contributed by atoms with Crippen LogP contribution in [0.25, 0.3) is 0 Å². The van der Waals surface area contributed by atoms with E-state index in [1.165, 1.54) is 5.56 Å². The van der Waals surface area contributed by atoms with Gasteiger partial charge in [0.1, 0.15) is 0 Å². The minimum absolute atomic E-state index is 0.00539. The minimum atomic E-state index is -4.64. The lowest BCUT2D eigenvalue weighted by molar-refractivity contribution is -0.187. The summed E-state index contributed by atoms with van der Waals surface area (Å²) in [4.78, 5) is 46.6. The van der Waals surface area contributed by atoms with Crippen molar-refractivity contribution < 1.29 is 37.0 Å². The molecule has 0 aromatic heterocycles. The molecule has 1 unspecified atom stereocenters. The number of aryl methyl sites for hydroxylation is 1. The van der Waals surface area contributed by atoms with E-state index >= 15 is 0 Å². The van der Waals surface area contributed by atoms with Crippen molar-refractivity contribution in [1.29, 1.82) is 0 Å². The fourth-order valence-electron chi connectivity index (χ4n) is 1.86. The van der Waals surface area contributed by atoms with E-state index in [-0.39, 0.29) is 17.4 Å². The molecule has 1 saturated heterocycles. The summed E-state index contributed by atoms with van der Waals surface area (Å²) >= 11 is 0. The molecule has 0 radical (unpaired) electrons. The fourth-order valence-corrected chi connectivity index (χ4v) is 2.56. The molecule has 11 heteroatoms. The van der Waals surface area contributed by atoms with Crippen molar-refractivity contribution in [2.75, 3.05) is 5.32 Å². The van der Waals surface area contributed by atoms with E-state index in [1.807, 2.05) is 52.0 Å². The molecule has 2 rings (SSSR count). The number of imide groups is 1. The molecule has 0 saturated carbocycles. The summed E-state index contributed by atoms with van der Waals surface area (Å²) in [6.07, 6.45) is -0.209. The third-order valence-corrected chi connectivity index (χ3v) is 4.31. The van der Waals surface area contributed by atoms with Gasteiger partial charge in [0.25, 0.3) is 21.9 Å². The second-order valence-electron chi connectivity index (χ2n) is 5.20. The molecule has 0 bridgehead atoms. The van der Waals surface area contributed by atoms with E-state index in [2.05, 4.69) is 10.2 Å². The first-order chi connectivity index (χ1) is 13.1. The minimum Gasteiger partial charge on any atom is -0.334 e. The molecule has 156 valence electrons. The van der Waals surface area contributed by atoms with Crippen LogP contribution in [0, 0.1) is 6.92 Å². The molecular weight excluding hydrogens is 392 g/mol. The molecule has 28 heavy (non-hydrogen) atoms. The van der Waals surface area contributed by atoms with E-state index < -0.39 is 33.6 Å².